The van der Waals surface area contributed by atoms with Gasteiger partial charge in [0.15, 0.2) is 0 Å². The molecule has 1 fully saturated rings. The van der Waals surface area contributed by atoms with Crippen LogP contribution < -0.4 is 0 Å². The number of nitrogens with zero attached hydrogens (tertiary/aromatic N) is 1. The van der Waals surface area contributed by atoms with E-state index in [1.165, 1.54) is 13.0 Å². The zero-order valence-electron chi connectivity index (χ0n) is 10.3. The third kappa shape index (κ3) is 2.79. The highest BCUT2D eigenvalue weighted by atomic mass is 28.4. The molecule has 0 amide bonds. The van der Waals surface area contributed by atoms with Crippen LogP contribution in [0.3, 0.4) is 0 Å². The Bertz CT molecular complexity index is 179. The molecule has 1 aliphatic rings. The van der Waals surface area contributed by atoms with Crippen LogP contribution in [0.25, 0.3) is 0 Å². The first-order valence-electron chi connectivity index (χ1n) is 5.60. The van der Waals surface area contributed by atoms with Crippen LogP contribution in [0.15, 0.2) is 0 Å². The van der Waals surface area contributed by atoms with Crippen molar-refractivity contribution < 1.29 is 13.3 Å². The Morgan fingerprint density at radius 3 is 2.27 bits per heavy atom. The first kappa shape index (κ1) is 13.1. The number of hydrogen-bond donors (Lipinski definition) is 0. The first-order valence-corrected chi connectivity index (χ1v) is 7.40. The summed E-state index contributed by atoms with van der Waals surface area (Å²) in [5.74, 6) is 0. The Balaban J connectivity index is 2.66. The summed E-state index contributed by atoms with van der Waals surface area (Å²) < 4.78 is 16.6. The van der Waals surface area contributed by atoms with Crippen molar-refractivity contribution in [3.8, 4) is 0 Å². The molecule has 4 nitrogen and oxygen atoms in total. The summed E-state index contributed by atoms with van der Waals surface area (Å²) >= 11 is 0. The summed E-state index contributed by atoms with van der Waals surface area (Å²) in [7, 11) is 2.68. The average Bonchev–Trinajstić information content (AvgIpc) is 2.32. The highest BCUT2D eigenvalue weighted by molar-refractivity contribution is 6.62. The van der Waals surface area contributed by atoms with Gasteiger partial charge in [-0.1, -0.05) is 6.92 Å². The summed E-state index contributed by atoms with van der Waals surface area (Å²) in [5, 5.41) is 0. The van der Waals surface area contributed by atoms with Crippen LogP contribution in [0.5, 0.6) is 0 Å². The van der Waals surface area contributed by atoms with Gasteiger partial charge in [0.25, 0.3) is 0 Å². The third-order valence-corrected chi connectivity index (χ3v) is 6.48. The van der Waals surface area contributed by atoms with Crippen LogP contribution in [0.4, 0.5) is 0 Å². The van der Waals surface area contributed by atoms with Gasteiger partial charge >= 0.3 is 8.80 Å². The van der Waals surface area contributed by atoms with E-state index in [0.717, 1.165) is 19.5 Å². The van der Waals surface area contributed by atoms with Gasteiger partial charge in [0.1, 0.15) is 0 Å². The van der Waals surface area contributed by atoms with Gasteiger partial charge in [-0.25, -0.2) is 0 Å². The predicted molar refractivity (Wildman–Crippen MR) is 61.9 cm³/mol. The zero-order chi connectivity index (χ0) is 11.3. The lowest BCUT2D eigenvalue weighted by Gasteiger charge is -2.38. The van der Waals surface area contributed by atoms with Gasteiger partial charge < -0.3 is 18.2 Å². The van der Waals surface area contributed by atoms with Gasteiger partial charge in [-0.2, -0.15) is 0 Å². The lowest BCUT2D eigenvalue weighted by atomic mass is 10.1. The van der Waals surface area contributed by atoms with Crippen molar-refractivity contribution in [2.24, 2.45) is 0 Å². The van der Waals surface area contributed by atoms with Gasteiger partial charge in [0, 0.05) is 33.4 Å². The summed E-state index contributed by atoms with van der Waals surface area (Å²) in [6.45, 7) is 5.52. The molecule has 0 aromatic rings. The average molecular weight is 233 g/mol. The van der Waals surface area contributed by atoms with Gasteiger partial charge in [-0.05, 0) is 25.9 Å². The Hall–Kier alpha value is 0.0569. The second-order valence-electron chi connectivity index (χ2n) is 3.95. The molecule has 0 radical (unpaired) electrons. The minimum atomic E-state index is -2.42. The standard InChI is InChI=1S/C10H23NO3Si/c1-5-11-8-6-7-10(9-11)15(12-2,13-3)14-4/h10H,5-9H2,1-4H3. The molecule has 1 heterocycles. The maximum Gasteiger partial charge on any atom is 0.504 e. The predicted octanol–water partition coefficient (Wildman–Crippen LogP) is 1.35. The van der Waals surface area contributed by atoms with E-state index in [9.17, 15) is 0 Å². The summed E-state index contributed by atoms with van der Waals surface area (Å²) in [6, 6.07) is 0. The fourth-order valence-electron chi connectivity index (χ4n) is 2.38. The molecule has 1 rings (SSSR count). The molecule has 0 aromatic heterocycles. The molecule has 5 heteroatoms. The number of likely N-dealkylation sites (tertiary alicyclic amines) is 1. The largest absolute Gasteiger partial charge is 0.504 e. The van der Waals surface area contributed by atoms with Crippen LogP contribution in [0.2, 0.25) is 5.54 Å². The van der Waals surface area contributed by atoms with Crippen molar-refractivity contribution in [2.75, 3.05) is 41.0 Å². The fourth-order valence-corrected chi connectivity index (χ4v) is 4.92. The highest BCUT2D eigenvalue weighted by Gasteiger charge is 2.48. The summed E-state index contributed by atoms with van der Waals surface area (Å²) in [4.78, 5) is 2.44. The van der Waals surface area contributed by atoms with E-state index in [-0.39, 0.29) is 0 Å². The van der Waals surface area contributed by atoms with Crippen LogP contribution in [-0.2, 0) is 13.3 Å². The van der Waals surface area contributed by atoms with Gasteiger partial charge in [-0.3, -0.25) is 0 Å². The molecule has 1 atom stereocenters. The Morgan fingerprint density at radius 2 is 1.80 bits per heavy atom. The van der Waals surface area contributed by atoms with Crippen molar-refractivity contribution in [3.05, 3.63) is 0 Å². The van der Waals surface area contributed by atoms with E-state index >= 15 is 0 Å². The van der Waals surface area contributed by atoms with Gasteiger partial charge in [-0.15, -0.1) is 0 Å². The quantitative estimate of drug-likeness (QED) is 0.671. The monoisotopic (exact) mass is 233 g/mol. The van der Waals surface area contributed by atoms with E-state index in [0.29, 0.717) is 5.54 Å². The maximum absolute atomic E-state index is 5.54. The molecule has 1 saturated heterocycles. The molecule has 0 spiro atoms. The van der Waals surface area contributed by atoms with E-state index in [4.69, 9.17) is 13.3 Å². The number of rotatable bonds is 5. The third-order valence-electron chi connectivity index (χ3n) is 3.31. The lowest BCUT2D eigenvalue weighted by Crippen LogP contribution is -2.53. The Kier molecular flexibility index (Phi) is 5.21. The first-order chi connectivity index (χ1) is 7.22. The molecule has 1 unspecified atom stereocenters. The molecular formula is C10H23NO3Si. The van der Waals surface area contributed by atoms with Gasteiger partial charge in [0.05, 0.1) is 0 Å². The molecule has 15 heavy (non-hydrogen) atoms. The van der Waals surface area contributed by atoms with Crippen molar-refractivity contribution in [3.63, 3.8) is 0 Å². The van der Waals surface area contributed by atoms with Gasteiger partial charge in [0.2, 0.25) is 0 Å². The topological polar surface area (TPSA) is 30.9 Å². The van der Waals surface area contributed by atoms with E-state index in [1.807, 2.05) is 0 Å². The molecular weight excluding hydrogens is 210 g/mol. The van der Waals surface area contributed by atoms with Crippen molar-refractivity contribution in [1.29, 1.82) is 0 Å². The number of piperidine rings is 1. The SMILES string of the molecule is CCN1CCCC([Si](OC)(OC)OC)C1. The lowest BCUT2D eigenvalue weighted by molar-refractivity contribution is 0.0919. The van der Waals surface area contributed by atoms with Crippen molar-refractivity contribution in [2.45, 2.75) is 25.3 Å². The molecule has 0 saturated carbocycles. The normalized spacial score (nSPS) is 24.4. The minimum absolute atomic E-state index is 0.422. The molecule has 0 bridgehead atoms. The van der Waals surface area contributed by atoms with Crippen LogP contribution in [-0.4, -0.2) is 54.7 Å². The maximum atomic E-state index is 5.54. The van der Waals surface area contributed by atoms with Crippen molar-refractivity contribution >= 4 is 8.80 Å². The number of hydrogen-bond acceptors (Lipinski definition) is 4. The van der Waals surface area contributed by atoms with Crippen molar-refractivity contribution in [1.82, 2.24) is 4.90 Å². The van der Waals surface area contributed by atoms with E-state index in [1.54, 1.807) is 21.3 Å². The summed E-state index contributed by atoms with van der Waals surface area (Å²) in [5.41, 5.74) is 0.422. The highest BCUT2D eigenvalue weighted by Crippen LogP contribution is 2.32. The van der Waals surface area contributed by atoms with E-state index in [2.05, 4.69) is 11.8 Å². The second kappa shape index (κ2) is 5.96. The Morgan fingerprint density at radius 1 is 1.20 bits per heavy atom. The molecule has 0 N–H and O–H groups in total. The van der Waals surface area contributed by atoms with E-state index < -0.39 is 8.80 Å². The minimum Gasteiger partial charge on any atom is -0.377 e. The summed E-state index contributed by atoms with van der Waals surface area (Å²) in [6.07, 6.45) is 2.36. The molecule has 1 aliphatic heterocycles. The molecule has 90 valence electrons. The molecule has 0 aliphatic carbocycles. The van der Waals surface area contributed by atoms with Crippen LogP contribution in [0, 0.1) is 0 Å². The van der Waals surface area contributed by atoms with Crippen LogP contribution in [0.1, 0.15) is 19.8 Å². The smallest absolute Gasteiger partial charge is 0.377 e. The zero-order valence-corrected chi connectivity index (χ0v) is 11.3. The van der Waals surface area contributed by atoms with Crippen LogP contribution >= 0.6 is 0 Å². The molecule has 0 aromatic carbocycles. The fraction of sp³-hybridized carbons (Fsp3) is 1.00. The Labute approximate surface area is 93.9 Å². The second-order valence-corrected chi connectivity index (χ2v) is 7.20.